The summed E-state index contributed by atoms with van der Waals surface area (Å²) < 4.78 is 16.2. The molecule has 0 saturated carbocycles. The van der Waals surface area contributed by atoms with Gasteiger partial charge >= 0.3 is 0 Å². The summed E-state index contributed by atoms with van der Waals surface area (Å²) in [6.07, 6.45) is 0. The maximum atomic E-state index is 5.53. The zero-order chi connectivity index (χ0) is 19.4. The van der Waals surface area contributed by atoms with E-state index in [-0.39, 0.29) is 12.1 Å². The maximum absolute atomic E-state index is 5.53. The van der Waals surface area contributed by atoms with Crippen molar-refractivity contribution in [2.24, 2.45) is 0 Å². The fraction of sp³-hybridized carbons (Fsp3) is 0.304. The van der Waals surface area contributed by atoms with Crippen LogP contribution < -0.4 is 19.5 Å². The van der Waals surface area contributed by atoms with Gasteiger partial charge in [0.05, 0.1) is 21.3 Å². The summed E-state index contributed by atoms with van der Waals surface area (Å²) in [6, 6.07) is 18.8. The van der Waals surface area contributed by atoms with Crippen LogP contribution in [0.3, 0.4) is 0 Å². The molecule has 3 aromatic rings. The van der Waals surface area contributed by atoms with Crippen LogP contribution in [0.5, 0.6) is 17.2 Å². The van der Waals surface area contributed by atoms with Crippen LogP contribution in [0.1, 0.15) is 37.1 Å². The van der Waals surface area contributed by atoms with Gasteiger partial charge in [0.1, 0.15) is 17.2 Å². The average molecular weight is 365 g/mol. The lowest BCUT2D eigenvalue weighted by molar-refractivity contribution is 0.387. The fourth-order valence-corrected chi connectivity index (χ4v) is 3.38. The second kappa shape index (κ2) is 8.31. The maximum Gasteiger partial charge on any atom is 0.123 e. The summed E-state index contributed by atoms with van der Waals surface area (Å²) in [7, 11) is 5.06. The summed E-state index contributed by atoms with van der Waals surface area (Å²) >= 11 is 0. The topological polar surface area (TPSA) is 39.7 Å². The van der Waals surface area contributed by atoms with Crippen LogP contribution in [-0.4, -0.2) is 21.3 Å². The standard InChI is InChI=1S/C23H27NO3/c1-15(17-6-7-19-13-20(25-3)9-8-18(19)12-17)24-16(2)22-14-21(26-4)10-11-23(22)27-5/h6-16,24H,1-5H3. The Labute approximate surface area is 161 Å². The molecule has 3 rings (SSSR count). The Balaban J connectivity index is 1.82. The van der Waals surface area contributed by atoms with Crippen molar-refractivity contribution in [2.45, 2.75) is 25.9 Å². The second-order valence-corrected chi connectivity index (χ2v) is 6.69. The highest BCUT2D eigenvalue weighted by atomic mass is 16.5. The highest BCUT2D eigenvalue weighted by molar-refractivity contribution is 5.84. The molecule has 0 radical (unpaired) electrons. The first-order chi connectivity index (χ1) is 13.0. The first-order valence-corrected chi connectivity index (χ1v) is 9.11. The van der Waals surface area contributed by atoms with Crippen molar-refractivity contribution in [3.8, 4) is 17.2 Å². The lowest BCUT2D eigenvalue weighted by Gasteiger charge is -2.23. The molecule has 0 aliphatic rings. The minimum atomic E-state index is 0.108. The van der Waals surface area contributed by atoms with Gasteiger partial charge in [-0.05, 0) is 66.6 Å². The molecule has 27 heavy (non-hydrogen) atoms. The number of nitrogens with one attached hydrogen (secondary N) is 1. The Morgan fingerprint density at radius 2 is 1.30 bits per heavy atom. The molecule has 0 spiro atoms. The third-order valence-electron chi connectivity index (χ3n) is 4.97. The van der Waals surface area contributed by atoms with E-state index in [0.29, 0.717) is 0 Å². The van der Waals surface area contributed by atoms with E-state index in [9.17, 15) is 0 Å². The summed E-state index contributed by atoms with van der Waals surface area (Å²) in [5, 5.41) is 6.04. The molecule has 0 aliphatic carbocycles. The number of rotatable bonds is 7. The smallest absolute Gasteiger partial charge is 0.123 e. The summed E-state index contributed by atoms with van der Waals surface area (Å²) in [5.41, 5.74) is 2.32. The predicted molar refractivity (Wildman–Crippen MR) is 110 cm³/mol. The summed E-state index contributed by atoms with van der Waals surface area (Å²) in [4.78, 5) is 0. The highest BCUT2D eigenvalue weighted by Crippen LogP contribution is 2.31. The van der Waals surface area contributed by atoms with Gasteiger partial charge in [0.25, 0.3) is 0 Å². The molecule has 0 amide bonds. The lowest BCUT2D eigenvalue weighted by atomic mass is 10.0. The van der Waals surface area contributed by atoms with Gasteiger partial charge in [-0.15, -0.1) is 0 Å². The number of benzene rings is 3. The van der Waals surface area contributed by atoms with Crippen LogP contribution in [0, 0.1) is 0 Å². The third kappa shape index (κ3) is 4.17. The SMILES string of the molecule is COc1ccc(OC)c(C(C)NC(C)c2ccc3cc(OC)ccc3c2)c1. The molecule has 4 nitrogen and oxygen atoms in total. The Kier molecular flexibility index (Phi) is 5.87. The molecule has 3 aromatic carbocycles. The van der Waals surface area contributed by atoms with Crippen molar-refractivity contribution in [3.05, 3.63) is 65.7 Å². The monoisotopic (exact) mass is 365 g/mol. The van der Waals surface area contributed by atoms with Gasteiger partial charge in [-0.25, -0.2) is 0 Å². The van der Waals surface area contributed by atoms with Crippen molar-refractivity contribution < 1.29 is 14.2 Å². The number of fused-ring (bicyclic) bond motifs is 1. The van der Waals surface area contributed by atoms with E-state index in [1.54, 1.807) is 21.3 Å². The van der Waals surface area contributed by atoms with Crippen molar-refractivity contribution >= 4 is 10.8 Å². The van der Waals surface area contributed by atoms with E-state index < -0.39 is 0 Å². The van der Waals surface area contributed by atoms with E-state index in [1.165, 1.54) is 16.3 Å². The number of ether oxygens (including phenoxy) is 3. The van der Waals surface area contributed by atoms with Crippen LogP contribution in [0.2, 0.25) is 0 Å². The van der Waals surface area contributed by atoms with E-state index in [0.717, 1.165) is 22.8 Å². The van der Waals surface area contributed by atoms with Gasteiger partial charge in [-0.2, -0.15) is 0 Å². The molecule has 0 heterocycles. The van der Waals surface area contributed by atoms with Crippen LogP contribution in [-0.2, 0) is 0 Å². The molecular formula is C23H27NO3. The summed E-state index contributed by atoms with van der Waals surface area (Å²) in [5.74, 6) is 2.56. The van der Waals surface area contributed by atoms with Crippen molar-refractivity contribution in [1.82, 2.24) is 5.32 Å². The molecule has 0 saturated heterocycles. The highest BCUT2D eigenvalue weighted by Gasteiger charge is 2.16. The Morgan fingerprint density at radius 1 is 0.667 bits per heavy atom. The van der Waals surface area contributed by atoms with E-state index in [2.05, 4.69) is 49.5 Å². The number of methoxy groups -OCH3 is 3. The molecule has 142 valence electrons. The van der Waals surface area contributed by atoms with E-state index in [4.69, 9.17) is 14.2 Å². The first-order valence-electron chi connectivity index (χ1n) is 9.11. The largest absolute Gasteiger partial charge is 0.497 e. The Hall–Kier alpha value is -2.72. The van der Waals surface area contributed by atoms with Gasteiger partial charge < -0.3 is 19.5 Å². The third-order valence-corrected chi connectivity index (χ3v) is 4.97. The predicted octanol–water partition coefficient (Wildman–Crippen LogP) is 5.28. The minimum absolute atomic E-state index is 0.108. The quantitative estimate of drug-likeness (QED) is 0.618. The van der Waals surface area contributed by atoms with Gasteiger partial charge in [0, 0.05) is 17.6 Å². The molecule has 4 heteroatoms. The first kappa shape index (κ1) is 19.1. The van der Waals surface area contributed by atoms with E-state index >= 15 is 0 Å². The Bertz CT molecular complexity index is 923. The fourth-order valence-electron chi connectivity index (χ4n) is 3.38. The van der Waals surface area contributed by atoms with Crippen LogP contribution >= 0.6 is 0 Å². The normalized spacial score (nSPS) is 13.2. The second-order valence-electron chi connectivity index (χ2n) is 6.69. The molecule has 0 bridgehead atoms. The van der Waals surface area contributed by atoms with Gasteiger partial charge in [-0.1, -0.05) is 18.2 Å². The zero-order valence-corrected chi connectivity index (χ0v) is 16.6. The molecule has 1 N–H and O–H groups in total. The summed E-state index contributed by atoms with van der Waals surface area (Å²) in [6.45, 7) is 4.31. The van der Waals surface area contributed by atoms with Crippen molar-refractivity contribution in [1.29, 1.82) is 0 Å². The minimum Gasteiger partial charge on any atom is -0.497 e. The van der Waals surface area contributed by atoms with E-state index in [1.807, 2.05) is 24.3 Å². The van der Waals surface area contributed by atoms with Gasteiger partial charge in [-0.3, -0.25) is 0 Å². The van der Waals surface area contributed by atoms with Crippen LogP contribution in [0.25, 0.3) is 10.8 Å². The molecular weight excluding hydrogens is 338 g/mol. The average Bonchev–Trinajstić information content (AvgIpc) is 2.72. The van der Waals surface area contributed by atoms with Crippen molar-refractivity contribution in [2.75, 3.05) is 21.3 Å². The number of hydrogen-bond acceptors (Lipinski definition) is 4. The van der Waals surface area contributed by atoms with Crippen LogP contribution in [0.4, 0.5) is 0 Å². The lowest BCUT2D eigenvalue weighted by Crippen LogP contribution is -2.23. The Morgan fingerprint density at radius 3 is 2.00 bits per heavy atom. The van der Waals surface area contributed by atoms with Gasteiger partial charge in [0.2, 0.25) is 0 Å². The zero-order valence-electron chi connectivity index (χ0n) is 16.6. The molecule has 0 aliphatic heterocycles. The molecule has 2 unspecified atom stereocenters. The molecule has 0 aromatic heterocycles. The van der Waals surface area contributed by atoms with Gasteiger partial charge in [0.15, 0.2) is 0 Å². The van der Waals surface area contributed by atoms with Crippen LogP contribution in [0.15, 0.2) is 54.6 Å². The van der Waals surface area contributed by atoms with Crippen molar-refractivity contribution in [3.63, 3.8) is 0 Å². The molecule has 0 fully saturated rings. The molecule has 2 atom stereocenters. The number of hydrogen-bond donors (Lipinski definition) is 1.